The first-order valence-electron chi connectivity index (χ1n) is 10.4. The van der Waals surface area contributed by atoms with E-state index in [4.69, 9.17) is 16.7 Å². The maximum absolute atomic E-state index is 13.0. The number of tetrazole rings is 1. The molecule has 0 radical (unpaired) electrons. The van der Waals surface area contributed by atoms with E-state index in [0.29, 0.717) is 16.3 Å². The molecule has 0 fully saturated rings. The van der Waals surface area contributed by atoms with Crippen LogP contribution in [0.4, 0.5) is 5.13 Å². The molecule has 0 aliphatic carbocycles. The van der Waals surface area contributed by atoms with E-state index in [1.165, 1.54) is 23.2 Å². The molecule has 2 heterocycles. The van der Waals surface area contributed by atoms with Gasteiger partial charge in [-0.05, 0) is 40.3 Å². The average molecular weight is 524 g/mol. The van der Waals surface area contributed by atoms with Crippen LogP contribution in [-0.2, 0) is 16.0 Å². The highest BCUT2D eigenvalue weighted by Crippen LogP contribution is 2.21. The molecule has 0 bridgehead atoms. The number of halogens is 1. The van der Waals surface area contributed by atoms with Gasteiger partial charge in [-0.15, -0.1) is 5.10 Å². The highest BCUT2D eigenvalue weighted by Gasteiger charge is 2.22. The third kappa shape index (κ3) is 6.37. The van der Waals surface area contributed by atoms with E-state index in [1.54, 1.807) is 18.2 Å². The Morgan fingerprint density at radius 3 is 2.67 bits per heavy atom. The van der Waals surface area contributed by atoms with Crippen LogP contribution in [0.1, 0.15) is 20.8 Å². The van der Waals surface area contributed by atoms with E-state index in [1.807, 2.05) is 30.3 Å². The Morgan fingerprint density at radius 1 is 1.17 bits per heavy atom. The molecule has 4 aromatic rings. The Labute approximate surface area is 213 Å². The van der Waals surface area contributed by atoms with Crippen molar-refractivity contribution in [3.63, 3.8) is 0 Å². The molecule has 36 heavy (non-hydrogen) atoms. The van der Waals surface area contributed by atoms with Crippen molar-refractivity contribution in [3.05, 3.63) is 88.2 Å². The van der Waals surface area contributed by atoms with Crippen molar-refractivity contribution in [1.29, 1.82) is 0 Å². The fourth-order valence-electron chi connectivity index (χ4n) is 3.21. The second-order valence-electron chi connectivity index (χ2n) is 7.37. The lowest BCUT2D eigenvalue weighted by atomic mass is 10.1. The van der Waals surface area contributed by atoms with Gasteiger partial charge >= 0.3 is 5.97 Å². The van der Waals surface area contributed by atoms with Crippen LogP contribution in [0.25, 0.3) is 11.8 Å². The van der Waals surface area contributed by atoms with Crippen LogP contribution in [0.5, 0.6) is 0 Å². The lowest BCUT2D eigenvalue weighted by molar-refractivity contribution is -0.123. The summed E-state index contributed by atoms with van der Waals surface area (Å²) in [6, 6.07) is 13.2. The molecule has 0 saturated heterocycles. The van der Waals surface area contributed by atoms with Crippen LogP contribution >= 0.6 is 22.9 Å². The number of aromatic nitrogens is 5. The summed E-state index contributed by atoms with van der Waals surface area (Å²) in [5.41, 5.74) is 2.01. The van der Waals surface area contributed by atoms with Gasteiger partial charge in [0.05, 0.1) is 11.9 Å². The van der Waals surface area contributed by atoms with Gasteiger partial charge in [0.2, 0.25) is 11.8 Å². The average Bonchev–Trinajstić information content (AvgIpc) is 3.56. The number of benzene rings is 2. The SMILES string of the molecule is O=C(/C=C/c1cc(Cl)ccc1-n1cnnn1)N[C@@H](Cc1ccccc1)C(=O)Nc1ncc(C(=O)O)s1. The minimum atomic E-state index is -1.14. The molecule has 0 saturated carbocycles. The largest absolute Gasteiger partial charge is 0.477 e. The lowest BCUT2D eigenvalue weighted by Gasteiger charge is -2.17. The molecule has 0 spiro atoms. The van der Waals surface area contributed by atoms with E-state index in [0.717, 1.165) is 23.1 Å². The summed E-state index contributed by atoms with van der Waals surface area (Å²) in [5.74, 6) is -2.21. The predicted octanol–water partition coefficient (Wildman–Crippen LogP) is 2.85. The number of nitrogens with one attached hydrogen (secondary N) is 2. The monoisotopic (exact) mass is 523 g/mol. The molecule has 0 aliphatic heterocycles. The van der Waals surface area contributed by atoms with E-state index in [9.17, 15) is 14.4 Å². The lowest BCUT2D eigenvalue weighted by Crippen LogP contribution is -2.44. The summed E-state index contributed by atoms with van der Waals surface area (Å²) < 4.78 is 1.43. The standard InChI is InChI=1S/C23H18ClN7O4S/c24-16-7-8-18(31-13-26-29-30-31)15(11-16)6-9-20(32)27-17(10-14-4-2-1-3-5-14)21(33)28-23-25-12-19(36-23)22(34)35/h1-9,11-13,17H,10H2,(H,27,32)(H,34,35)(H,25,28,33)/b9-6+/t17-/m0/s1. The molecular formula is C23H18ClN7O4S. The number of hydrogen-bond donors (Lipinski definition) is 3. The minimum Gasteiger partial charge on any atom is -0.477 e. The van der Waals surface area contributed by atoms with Crippen molar-refractivity contribution in [1.82, 2.24) is 30.5 Å². The quantitative estimate of drug-likeness (QED) is 0.283. The molecule has 0 unspecified atom stereocenters. The van der Waals surface area contributed by atoms with Crippen molar-refractivity contribution in [2.24, 2.45) is 0 Å². The first-order valence-corrected chi connectivity index (χ1v) is 11.6. The van der Waals surface area contributed by atoms with Crippen molar-refractivity contribution in [2.75, 3.05) is 5.32 Å². The summed E-state index contributed by atoms with van der Waals surface area (Å²) in [6.07, 6.45) is 5.58. The topological polar surface area (TPSA) is 152 Å². The van der Waals surface area contributed by atoms with Gasteiger partial charge in [-0.2, -0.15) is 4.68 Å². The number of rotatable bonds is 9. The summed E-state index contributed by atoms with van der Waals surface area (Å²) in [6.45, 7) is 0. The molecule has 1 atom stereocenters. The van der Waals surface area contributed by atoms with Gasteiger partial charge in [0.15, 0.2) is 5.13 Å². The highest BCUT2D eigenvalue weighted by atomic mass is 35.5. The van der Waals surface area contributed by atoms with Crippen molar-refractivity contribution >= 4 is 51.9 Å². The number of carbonyl (C=O) groups is 3. The van der Waals surface area contributed by atoms with Crippen molar-refractivity contribution < 1.29 is 19.5 Å². The van der Waals surface area contributed by atoms with Crippen LogP contribution < -0.4 is 10.6 Å². The third-order valence-electron chi connectivity index (χ3n) is 4.86. The Balaban J connectivity index is 1.52. The molecule has 3 N–H and O–H groups in total. The highest BCUT2D eigenvalue weighted by molar-refractivity contribution is 7.17. The summed E-state index contributed by atoms with van der Waals surface area (Å²) in [5, 5.41) is 26.0. The van der Waals surface area contributed by atoms with Crippen LogP contribution in [-0.4, -0.2) is 54.1 Å². The number of anilines is 1. The van der Waals surface area contributed by atoms with Gasteiger partial charge in [0.25, 0.3) is 0 Å². The summed E-state index contributed by atoms with van der Waals surface area (Å²) in [4.78, 5) is 40.8. The molecular weight excluding hydrogens is 506 g/mol. The number of carbonyl (C=O) groups excluding carboxylic acids is 2. The van der Waals surface area contributed by atoms with E-state index < -0.39 is 23.8 Å². The van der Waals surface area contributed by atoms with Gasteiger partial charge in [-0.3, -0.25) is 9.59 Å². The Bertz CT molecular complexity index is 1410. The van der Waals surface area contributed by atoms with Crippen LogP contribution in [0.3, 0.4) is 0 Å². The molecule has 0 aliphatic rings. The van der Waals surface area contributed by atoms with Crippen molar-refractivity contribution in [2.45, 2.75) is 12.5 Å². The van der Waals surface area contributed by atoms with Gasteiger partial charge in [0, 0.05) is 23.1 Å². The smallest absolute Gasteiger partial charge is 0.347 e. The fraction of sp³-hybridized carbons (Fsp3) is 0.0870. The number of nitrogens with zero attached hydrogens (tertiary/aromatic N) is 5. The number of aromatic carboxylic acids is 1. The molecule has 182 valence electrons. The first-order chi connectivity index (χ1) is 17.4. The first kappa shape index (κ1) is 24.7. The Kier molecular flexibility index (Phi) is 7.78. The zero-order valence-electron chi connectivity index (χ0n) is 18.4. The zero-order chi connectivity index (χ0) is 25.5. The number of carboxylic acids is 1. The number of carboxylic acid groups (broad SMARTS) is 1. The number of amides is 2. The van der Waals surface area contributed by atoms with E-state index in [-0.39, 0.29) is 16.4 Å². The molecule has 2 aromatic heterocycles. The predicted molar refractivity (Wildman–Crippen MR) is 133 cm³/mol. The van der Waals surface area contributed by atoms with Gasteiger partial charge in [-0.25, -0.2) is 9.78 Å². The minimum absolute atomic E-state index is 0.0169. The van der Waals surface area contributed by atoms with Crippen LogP contribution in [0.15, 0.2) is 67.1 Å². The normalized spacial score (nSPS) is 11.8. The van der Waals surface area contributed by atoms with Gasteiger partial charge < -0.3 is 15.7 Å². The maximum Gasteiger partial charge on any atom is 0.347 e. The van der Waals surface area contributed by atoms with Gasteiger partial charge in [0.1, 0.15) is 17.2 Å². The Hall–Kier alpha value is -4.42. The van der Waals surface area contributed by atoms with E-state index in [2.05, 4.69) is 31.1 Å². The molecule has 11 nitrogen and oxygen atoms in total. The molecule has 2 aromatic carbocycles. The fourth-order valence-corrected chi connectivity index (χ4v) is 4.05. The van der Waals surface area contributed by atoms with E-state index >= 15 is 0 Å². The Morgan fingerprint density at radius 2 is 1.97 bits per heavy atom. The number of hydrogen-bond acceptors (Lipinski definition) is 8. The maximum atomic E-state index is 13.0. The summed E-state index contributed by atoms with van der Waals surface area (Å²) >= 11 is 6.94. The summed E-state index contributed by atoms with van der Waals surface area (Å²) in [7, 11) is 0. The third-order valence-corrected chi connectivity index (χ3v) is 6.00. The molecule has 4 rings (SSSR count). The van der Waals surface area contributed by atoms with Crippen molar-refractivity contribution in [3.8, 4) is 5.69 Å². The molecule has 2 amide bonds. The second kappa shape index (κ2) is 11.3. The second-order valence-corrected chi connectivity index (χ2v) is 8.83. The van der Waals surface area contributed by atoms with Gasteiger partial charge in [-0.1, -0.05) is 53.3 Å². The van der Waals surface area contributed by atoms with Crippen LogP contribution in [0.2, 0.25) is 5.02 Å². The number of thiazole rings is 1. The van der Waals surface area contributed by atoms with Crippen LogP contribution in [0, 0.1) is 0 Å². The zero-order valence-corrected chi connectivity index (χ0v) is 20.0. The molecule has 13 heteroatoms.